The van der Waals surface area contributed by atoms with E-state index in [-0.39, 0.29) is 17.2 Å². The van der Waals surface area contributed by atoms with Crippen LogP contribution in [0.15, 0.2) is 73.1 Å². The van der Waals surface area contributed by atoms with E-state index in [0.29, 0.717) is 15.6 Å². The molecule has 0 fully saturated rings. The van der Waals surface area contributed by atoms with Crippen LogP contribution in [-0.2, 0) is 14.8 Å². The molecule has 0 N–H and O–H groups in total. The van der Waals surface area contributed by atoms with Crippen LogP contribution in [0, 0.1) is 11.8 Å². The Morgan fingerprint density at radius 1 is 0.875 bits per heavy atom. The van der Waals surface area contributed by atoms with Crippen LogP contribution in [0.1, 0.15) is 28.4 Å². The van der Waals surface area contributed by atoms with Crippen LogP contribution in [0.3, 0.4) is 0 Å². The number of nitrogens with zero attached hydrogens (tertiary/aromatic N) is 3. The Bertz CT molecular complexity index is 1310. The number of hydrogen-bond acceptors (Lipinski definition) is 5. The molecule has 8 heteroatoms. The lowest BCUT2D eigenvalue weighted by Gasteiger charge is -2.22. The molecule has 0 saturated heterocycles. The van der Waals surface area contributed by atoms with Gasteiger partial charge in [0, 0.05) is 43.2 Å². The monoisotopic (exact) mass is 447 g/mol. The van der Waals surface area contributed by atoms with Crippen LogP contribution >= 0.6 is 0 Å². The molecule has 7 nitrogen and oxygen atoms in total. The molecule has 3 aromatic rings. The number of aromatic nitrogens is 1. The fourth-order valence-electron chi connectivity index (χ4n) is 2.86. The average Bonchev–Trinajstić information content (AvgIpc) is 2.77. The summed E-state index contributed by atoms with van der Waals surface area (Å²) in [7, 11) is -2.34. The molecule has 0 aliphatic heterocycles. The topological polar surface area (TPSA) is 87.7 Å². The van der Waals surface area contributed by atoms with Crippen molar-refractivity contribution >= 4 is 33.2 Å². The van der Waals surface area contributed by atoms with Gasteiger partial charge in [-0.05, 0) is 42.5 Å². The minimum atomic E-state index is -3.94. The second-order valence-corrected chi connectivity index (χ2v) is 8.84. The highest BCUT2D eigenvalue weighted by Gasteiger charge is 2.27. The van der Waals surface area contributed by atoms with E-state index in [1.807, 2.05) is 30.3 Å². The summed E-state index contributed by atoms with van der Waals surface area (Å²) in [5, 5.41) is 0. The van der Waals surface area contributed by atoms with Crippen molar-refractivity contribution in [2.45, 2.75) is 6.92 Å². The summed E-state index contributed by atoms with van der Waals surface area (Å²) in [6, 6.07) is 16.9. The molecular formula is C24H21N3O4S. The summed E-state index contributed by atoms with van der Waals surface area (Å²) in [5.41, 5.74) is 2.09. The lowest BCUT2D eigenvalue weighted by atomic mass is 10.1. The SMILES string of the molecule is CC(=O)N(C)c1ccc(N(C(=O)c2cncc(C#Cc3ccccc3)c2)S(C)(=O)=O)cc1. The van der Waals surface area contributed by atoms with Crippen molar-refractivity contribution in [3.05, 3.63) is 89.7 Å². The van der Waals surface area contributed by atoms with Gasteiger partial charge in [0.05, 0.1) is 17.5 Å². The third-order valence-corrected chi connectivity index (χ3v) is 5.61. The number of carbonyl (C=O) groups excluding carboxylic acids is 2. The van der Waals surface area contributed by atoms with Crippen molar-refractivity contribution in [2.24, 2.45) is 0 Å². The Morgan fingerprint density at radius 2 is 1.47 bits per heavy atom. The number of pyridine rings is 1. The molecule has 0 bridgehead atoms. The van der Waals surface area contributed by atoms with Crippen LogP contribution in [0.2, 0.25) is 0 Å². The third kappa shape index (κ3) is 5.39. The maximum Gasteiger partial charge on any atom is 0.273 e. The van der Waals surface area contributed by atoms with Crippen LogP contribution in [0.4, 0.5) is 11.4 Å². The molecule has 0 unspecified atom stereocenters. The Morgan fingerprint density at radius 3 is 2.06 bits per heavy atom. The molecule has 2 aromatic carbocycles. The second kappa shape index (κ2) is 9.45. The van der Waals surface area contributed by atoms with Crippen LogP contribution in [0.25, 0.3) is 0 Å². The van der Waals surface area contributed by atoms with Gasteiger partial charge in [-0.1, -0.05) is 30.0 Å². The fraction of sp³-hybridized carbons (Fsp3) is 0.125. The first-order chi connectivity index (χ1) is 15.2. The number of carbonyl (C=O) groups is 2. The molecule has 0 aliphatic carbocycles. The van der Waals surface area contributed by atoms with Crippen molar-refractivity contribution in [3.8, 4) is 11.8 Å². The molecule has 1 aromatic heterocycles. The zero-order valence-corrected chi connectivity index (χ0v) is 18.6. The number of hydrogen-bond donors (Lipinski definition) is 0. The standard InChI is InChI=1S/C24H21N3O4S/c1-18(28)26(2)22-11-13-23(14-12-22)27(32(3,30)31)24(29)21-15-20(16-25-17-21)10-9-19-7-5-4-6-8-19/h4-8,11-17H,1-3H3. The Labute approximate surface area is 187 Å². The fourth-order valence-corrected chi connectivity index (χ4v) is 3.77. The van der Waals surface area contributed by atoms with E-state index >= 15 is 0 Å². The molecule has 0 aliphatic rings. The van der Waals surface area contributed by atoms with Gasteiger partial charge in [-0.2, -0.15) is 0 Å². The highest BCUT2D eigenvalue weighted by molar-refractivity contribution is 7.92. The van der Waals surface area contributed by atoms with E-state index < -0.39 is 15.9 Å². The highest BCUT2D eigenvalue weighted by Crippen LogP contribution is 2.24. The minimum Gasteiger partial charge on any atom is -0.316 e. The second-order valence-electron chi connectivity index (χ2n) is 7.01. The first-order valence-corrected chi connectivity index (χ1v) is 11.4. The van der Waals surface area contributed by atoms with Gasteiger partial charge in [0.15, 0.2) is 0 Å². The van der Waals surface area contributed by atoms with Crippen LogP contribution in [-0.4, -0.2) is 38.5 Å². The van der Waals surface area contributed by atoms with Gasteiger partial charge in [-0.25, -0.2) is 12.7 Å². The molecule has 162 valence electrons. The lowest BCUT2D eigenvalue weighted by molar-refractivity contribution is -0.116. The Hall–Kier alpha value is -3.96. The Kier molecular flexibility index (Phi) is 6.71. The van der Waals surface area contributed by atoms with Gasteiger partial charge in [0.25, 0.3) is 5.91 Å². The van der Waals surface area contributed by atoms with E-state index in [2.05, 4.69) is 16.8 Å². The molecular weight excluding hydrogens is 426 g/mol. The molecule has 0 radical (unpaired) electrons. The molecule has 2 amide bonds. The van der Waals surface area contributed by atoms with Crippen molar-refractivity contribution in [1.29, 1.82) is 0 Å². The zero-order valence-electron chi connectivity index (χ0n) is 17.8. The van der Waals surface area contributed by atoms with E-state index in [1.54, 1.807) is 19.2 Å². The number of amides is 2. The van der Waals surface area contributed by atoms with Crippen molar-refractivity contribution in [2.75, 3.05) is 22.5 Å². The van der Waals surface area contributed by atoms with Crippen LogP contribution < -0.4 is 9.21 Å². The predicted molar refractivity (Wildman–Crippen MR) is 124 cm³/mol. The van der Waals surface area contributed by atoms with Gasteiger partial charge in [0.1, 0.15) is 0 Å². The molecule has 0 spiro atoms. The molecule has 3 rings (SSSR count). The first kappa shape index (κ1) is 22.7. The van der Waals surface area contributed by atoms with E-state index in [9.17, 15) is 18.0 Å². The molecule has 32 heavy (non-hydrogen) atoms. The van der Waals surface area contributed by atoms with Crippen LogP contribution in [0.5, 0.6) is 0 Å². The van der Waals surface area contributed by atoms with E-state index in [1.165, 1.54) is 42.4 Å². The predicted octanol–water partition coefficient (Wildman–Crippen LogP) is 3.07. The Balaban J connectivity index is 1.94. The summed E-state index contributed by atoms with van der Waals surface area (Å²) in [6.45, 7) is 1.42. The maximum absolute atomic E-state index is 13.1. The van der Waals surface area contributed by atoms with Crippen molar-refractivity contribution in [1.82, 2.24) is 4.98 Å². The first-order valence-electron chi connectivity index (χ1n) is 9.58. The highest BCUT2D eigenvalue weighted by atomic mass is 32.2. The molecule has 0 saturated carbocycles. The number of sulfonamides is 1. The summed E-state index contributed by atoms with van der Waals surface area (Å²) in [4.78, 5) is 30.1. The van der Waals surface area contributed by atoms with Gasteiger partial charge in [0.2, 0.25) is 15.9 Å². The average molecular weight is 448 g/mol. The van der Waals surface area contributed by atoms with Crippen molar-refractivity contribution < 1.29 is 18.0 Å². The van der Waals surface area contributed by atoms with Crippen molar-refractivity contribution in [3.63, 3.8) is 0 Å². The van der Waals surface area contributed by atoms with Gasteiger partial charge in [-0.15, -0.1) is 0 Å². The summed E-state index contributed by atoms with van der Waals surface area (Å²) >= 11 is 0. The number of anilines is 2. The largest absolute Gasteiger partial charge is 0.316 e. The normalized spacial score (nSPS) is 10.6. The number of benzene rings is 2. The molecule has 0 atom stereocenters. The summed E-state index contributed by atoms with van der Waals surface area (Å²) in [5.74, 6) is 4.99. The van der Waals surface area contributed by atoms with Gasteiger partial charge >= 0.3 is 0 Å². The van der Waals surface area contributed by atoms with E-state index in [0.717, 1.165) is 11.8 Å². The smallest absolute Gasteiger partial charge is 0.273 e. The summed E-state index contributed by atoms with van der Waals surface area (Å²) < 4.78 is 25.6. The maximum atomic E-state index is 13.1. The van der Waals surface area contributed by atoms with Gasteiger partial charge in [-0.3, -0.25) is 14.6 Å². The van der Waals surface area contributed by atoms with E-state index in [4.69, 9.17) is 0 Å². The third-order valence-electron chi connectivity index (χ3n) is 4.57. The zero-order chi connectivity index (χ0) is 23.3. The minimum absolute atomic E-state index is 0.0835. The number of rotatable bonds is 4. The molecule has 1 heterocycles. The lowest BCUT2D eigenvalue weighted by Crippen LogP contribution is -2.36. The quantitative estimate of drug-likeness (QED) is 0.574. The summed E-state index contributed by atoms with van der Waals surface area (Å²) in [6.07, 6.45) is 3.75. The van der Waals surface area contributed by atoms with Gasteiger partial charge < -0.3 is 4.90 Å².